The molecule has 1 atom stereocenters. The zero-order valence-electron chi connectivity index (χ0n) is 15.0. The lowest BCUT2D eigenvalue weighted by Gasteiger charge is -2.22. The molecule has 0 N–H and O–H groups in total. The SMILES string of the molecule is O=C1OCCC1(Cc1ccccc1)N=C(c1ccccc1)c1ccccc1. The molecule has 3 nitrogen and oxygen atoms in total. The van der Waals surface area contributed by atoms with Crippen LogP contribution in [0.15, 0.2) is 96.0 Å². The minimum atomic E-state index is -0.887. The van der Waals surface area contributed by atoms with E-state index in [4.69, 9.17) is 9.73 Å². The van der Waals surface area contributed by atoms with Gasteiger partial charge >= 0.3 is 5.97 Å². The average molecular weight is 355 g/mol. The van der Waals surface area contributed by atoms with Crippen LogP contribution in [-0.4, -0.2) is 23.8 Å². The fraction of sp³-hybridized carbons (Fsp3) is 0.167. The topological polar surface area (TPSA) is 38.7 Å². The van der Waals surface area contributed by atoms with Crippen molar-refractivity contribution in [2.75, 3.05) is 6.61 Å². The molecule has 1 aliphatic rings. The Labute approximate surface area is 159 Å². The van der Waals surface area contributed by atoms with Crippen LogP contribution in [0.25, 0.3) is 0 Å². The average Bonchev–Trinajstić information content (AvgIpc) is 3.08. The number of esters is 1. The summed E-state index contributed by atoms with van der Waals surface area (Å²) in [7, 11) is 0. The minimum absolute atomic E-state index is 0.240. The lowest BCUT2D eigenvalue weighted by Crippen LogP contribution is -2.36. The molecule has 0 aliphatic carbocycles. The number of hydrogen-bond acceptors (Lipinski definition) is 3. The van der Waals surface area contributed by atoms with Gasteiger partial charge in [-0.3, -0.25) is 4.99 Å². The Kier molecular flexibility index (Phi) is 4.84. The van der Waals surface area contributed by atoms with Gasteiger partial charge in [-0.2, -0.15) is 0 Å². The number of carbonyl (C=O) groups is 1. The second-order valence-electron chi connectivity index (χ2n) is 6.77. The molecule has 0 bridgehead atoms. The number of nitrogens with zero attached hydrogens (tertiary/aromatic N) is 1. The Hall–Kier alpha value is -3.20. The fourth-order valence-electron chi connectivity index (χ4n) is 3.49. The maximum atomic E-state index is 12.8. The van der Waals surface area contributed by atoms with E-state index in [9.17, 15) is 4.79 Å². The molecule has 0 spiro atoms. The van der Waals surface area contributed by atoms with Gasteiger partial charge < -0.3 is 4.74 Å². The van der Waals surface area contributed by atoms with Crippen LogP contribution >= 0.6 is 0 Å². The highest BCUT2D eigenvalue weighted by molar-refractivity contribution is 6.14. The van der Waals surface area contributed by atoms with Crippen LogP contribution in [0.4, 0.5) is 0 Å². The van der Waals surface area contributed by atoms with E-state index in [1.807, 2.05) is 91.0 Å². The van der Waals surface area contributed by atoms with E-state index in [-0.39, 0.29) is 5.97 Å². The number of aliphatic imine (C=N–C) groups is 1. The molecule has 0 radical (unpaired) electrons. The molecule has 0 saturated carbocycles. The van der Waals surface area contributed by atoms with E-state index in [0.717, 1.165) is 22.4 Å². The molecule has 3 aromatic rings. The van der Waals surface area contributed by atoms with Crippen LogP contribution < -0.4 is 0 Å². The molecule has 0 aromatic heterocycles. The Morgan fingerprint density at radius 3 is 1.81 bits per heavy atom. The molecular formula is C24H21NO2. The zero-order chi connectivity index (χ0) is 18.5. The molecule has 1 aliphatic heterocycles. The molecule has 3 heteroatoms. The van der Waals surface area contributed by atoms with Crippen LogP contribution in [0.1, 0.15) is 23.1 Å². The van der Waals surface area contributed by atoms with Gasteiger partial charge in [0.25, 0.3) is 0 Å². The Morgan fingerprint density at radius 1 is 0.815 bits per heavy atom. The normalized spacial score (nSPS) is 18.7. The highest BCUT2D eigenvalue weighted by Gasteiger charge is 2.45. The van der Waals surface area contributed by atoms with Gasteiger partial charge in [0.05, 0.1) is 12.3 Å². The first-order valence-electron chi connectivity index (χ1n) is 9.19. The summed E-state index contributed by atoms with van der Waals surface area (Å²) in [5, 5.41) is 0. The highest BCUT2D eigenvalue weighted by Crippen LogP contribution is 2.31. The summed E-state index contributed by atoms with van der Waals surface area (Å²) >= 11 is 0. The number of carbonyl (C=O) groups excluding carboxylic acids is 1. The highest BCUT2D eigenvalue weighted by atomic mass is 16.5. The molecule has 1 unspecified atom stereocenters. The Bertz CT molecular complexity index is 894. The van der Waals surface area contributed by atoms with Crippen LogP contribution in [0.5, 0.6) is 0 Å². The molecule has 3 aromatic carbocycles. The second kappa shape index (κ2) is 7.58. The van der Waals surface area contributed by atoms with Gasteiger partial charge in [0.15, 0.2) is 5.54 Å². The number of cyclic esters (lactones) is 1. The van der Waals surface area contributed by atoms with Crippen molar-refractivity contribution in [2.45, 2.75) is 18.4 Å². The number of rotatable bonds is 5. The summed E-state index contributed by atoms with van der Waals surface area (Å²) in [6, 6.07) is 30.1. The van der Waals surface area contributed by atoms with Crippen molar-refractivity contribution < 1.29 is 9.53 Å². The van der Waals surface area contributed by atoms with Crippen molar-refractivity contribution in [1.82, 2.24) is 0 Å². The Morgan fingerprint density at radius 2 is 1.33 bits per heavy atom. The Balaban J connectivity index is 1.84. The summed E-state index contributed by atoms with van der Waals surface area (Å²) in [4.78, 5) is 17.8. The molecule has 134 valence electrons. The molecule has 1 fully saturated rings. The van der Waals surface area contributed by atoms with Crippen molar-refractivity contribution >= 4 is 11.7 Å². The standard InChI is InChI=1S/C24H21NO2/c26-23-24(16-17-27-23,18-19-10-4-1-5-11-19)25-22(20-12-6-2-7-13-20)21-14-8-3-9-15-21/h1-15H,16-18H2. The van der Waals surface area contributed by atoms with E-state index in [1.165, 1.54) is 0 Å². The monoisotopic (exact) mass is 355 g/mol. The van der Waals surface area contributed by atoms with Gasteiger partial charge in [-0.1, -0.05) is 91.0 Å². The molecule has 1 saturated heterocycles. The van der Waals surface area contributed by atoms with Gasteiger partial charge in [-0.15, -0.1) is 0 Å². The predicted molar refractivity (Wildman–Crippen MR) is 107 cm³/mol. The first kappa shape index (κ1) is 17.2. The third kappa shape index (κ3) is 3.68. The van der Waals surface area contributed by atoms with E-state index in [1.54, 1.807) is 0 Å². The van der Waals surface area contributed by atoms with Crippen molar-refractivity contribution in [3.05, 3.63) is 108 Å². The minimum Gasteiger partial charge on any atom is -0.464 e. The van der Waals surface area contributed by atoms with Crippen molar-refractivity contribution in [1.29, 1.82) is 0 Å². The zero-order valence-corrected chi connectivity index (χ0v) is 15.0. The smallest absolute Gasteiger partial charge is 0.334 e. The number of benzene rings is 3. The quantitative estimate of drug-likeness (QED) is 0.501. The lowest BCUT2D eigenvalue weighted by atomic mass is 9.89. The number of ether oxygens (including phenoxy) is 1. The molecular weight excluding hydrogens is 334 g/mol. The van der Waals surface area contributed by atoms with Crippen LogP contribution in [0, 0.1) is 0 Å². The van der Waals surface area contributed by atoms with E-state index < -0.39 is 5.54 Å². The van der Waals surface area contributed by atoms with Gasteiger partial charge in [-0.05, 0) is 5.56 Å². The van der Waals surface area contributed by atoms with E-state index >= 15 is 0 Å². The molecule has 4 rings (SSSR count). The van der Waals surface area contributed by atoms with Crippen molar-refractivity contribution in [3.8, 4) is 0 Å². The van der Waals surface area contributed by atoms with Crippen LogP contribution in [-0.2, 0) is 16.0 Å². The molecule has 27 heavy (non-hydrogen) atoms. The summed E-state index contributed by atoms with van der Waals surface area (Å²) in [6.07, 6.45) is 1.12. The fourth-order valence-corrected chi connectivity index (χ4v) is 3.49. The van der Waals surface area contributed by atoms with Crippen molar-refractivity contribution in [3.63, 3.8) is 0 Å². The largest absolute Gasteiger partial charge is 0.464 e. The van der Waals surface area contributed by atoms with Gasteiger partial charge in [-0.25, -0.2) is 4.79 Å². The van der Waals surface area contributed by atoms with Crippen LogP contribution in [0.3, 0.4) is 0 Å². The summed E-state index contributed by atoms with van der Waals surface area (Å²) in [5.41, 5.74) is 3.01. The molecule has 0 amide bonds. The first-order chi connectivity index (χ1) is 13.3. The maximum absolute atomic E-state index is 12.8. The van der Waals surface area contributed by atoms with Crippen LogP contribution in [0.2, 0.25) is 0 Å². The second-order valence-corrected chi connectivity index (χ2v) is 6.77. The predicted octanol–water partition coefficient (Wildman–Crippen LogP) is 4.45. The van der Waals surface area contributed by atoms with Crippen molar-refractivity contribution in [2.24, 2.45) is 4.99 Å². The summed E-state index contributed by atoms with van der Waals surface area (Å²) in [6.45, 7) is 0.409. The first-order valence-corrected chi connectivity index (χ1v) is 9.19. The number of hydrogen-bond donors (Lipinski definition) is 0. The van der Waals surface area contributed by atoms with Gasteiger partial charge in [0.1, 0.15) is 0 Å². The van der Waals surface area contributed by atoms with E-state index in [2.05, 4.69) is 0 Å². The third-order valence-corrected chi connectivity index (χ3v) is 4.89. The lowest BCUT2D eigenvalue weighted by molar-refractivity contribution is -0.142. The summed E-state index contributed by atoms with van der Waals surface area (Å²) < 4.78 is 5.37. The summed E-state index contributed by atoms with van der Waals surface area (Å²) in [5.74, 6) is -0.240. The van der Waals surface area contributed by atoms with Gasteiger partial charge in [0.2, 0.25) is 0 Å². The van der Waals surface area contributed by atoms with Gasteiger partial charge in [0, 0.05) is 24.0 Å². The third-order valence-electron chi connectivity index (χ3n) is 4.89. The van der Waals surface area contributed by atoms with E-state index in [0.29, 0.717) is 19.4 Å². The maximum Gasteiger partial charge on any atom is 0.334 e. The molecule has 1 heterocycles.